The number of aromatic amines is 1. The average molecular weight is 431 g/mol. The third-order valence-corrected chi connectivity index (χ3v) is 7.61. The van der Waals surface area contributed by atoms with Crippen molar-refractivity contribution in [3.05, 3.63) is 49.0 Å². The van der Waals surface area contributed by atoms with Gasteiger partial charge in [0.1, 0.15) is 10.7 Å². The van der Waals surface area contributed by atoms with Crippen molar-refractivity contribution in [1.82, 2.24) is 20.2 Å². The van der Waals surface area contributed by atoms with Crippen molar-refractivity contribution in [2.24, 2.45) is 0 Å². The van der Waals surface area contributed by atoms with Gasteiger partial charge in [0.25, 0.3) is 5.56 Å². The standard InChI is InChI=1S/C21H26N4O2S2/c1-25(2)14(16-8-5-11-28-16)12-22-18(26)10-9-17-23-20(27)19-13-6-3-4-7-15(13)29-21(19)24-17/h5,8,11,14H,3-4,6-7,9-10,12H2,1-2H3,(H,22,26)(H,23,24,27). The number of hydrogen-bond acceptors (Lipinski definition) is 6. The van der Waals surface area contributed by atoms with Gasteiger partial charge in [0.05, 0.1) is 11.4 Å². The predicted octanol–water partition coefficient (Wildman–Crippen LogP) is 3.28. The van der Waals surface area contributed by atoms with Gasteiger partial charge in [-0.2, -0.15) is 0 Å². The van der Waals surface area contributed by atoms with Crippen molar-refractivity contribution < 1.29 is 4.79 Å². The summed E-state index contributed by atoms with van der Waals surface area (Å²) in [5.74, 6) is 0.570. The first-order valence-electron chi connectivity index (χ1n) is 10.0. The van der Waals surface area contributed by atoms with E-state index in [1.807, 2.05) is 25.5 Å². The van der Waals surface area contributed by atoms with Crippen LogP contribution in [-0.4, -0.2) is 41.4 Å². The lowest BCUT2D eigenvalue weighted by Crippen LogP contribution is -2.34. The normalized spacial score (nSPS) is 14.9. The second-order valence-electron chi connectivity index (χ2n) is 7.70. The lowest BCUT2D eigenvalue weighted by atomic mass is 9.97. The lowest BCUT2D eigenvalue weighted by molar-refractivity contribution is -0.121. The van der Waals surface area contributed by atoms with Gasteiger partial charge in [0.15, 0.2) is 0 Å². The molecule has 3 aromatic heterocycles. The van der Waals surface area contributed by atoms with Crippen molar-refractivity contribution in [2.45, 2.75) is 44.6 Å². The zero-order valence-electron chi connectivity index (χ0n) is 16.8. The van der Waals surface area contributed by atoms with Crippen LogP contribution in [0.4, 0.5) is 0 Å². The first-order valence-corrected chi connectivity index (χ1v) is 11.7. The predicted molar refractivity (Wildman–Crippen MR) is 119 cm³/mol. The summed E-state index contributed by atoms with van der Waals surface area (Å²) in [6.45, 7) is 0.562. The van der Waals surface area contributed by atoms with Crippen molar-refractivity contribution in [1.29, 1.82) is 0 Å². The molecule has 0 radical (unpaired) electrons. The summed E-state index contributed by atoms with van der Waals surface area (Å²) >= 11 is 3.34. The third-order valence-electron chi connectivity index (χ3n) is 5.45. The van der Waals surface area contributed by atoms with Crippen LogP contribution in [0.25, 0.3) is 10.2 Å². The molecule has 2 N–H and O–H groups in total. The van der Waals surface area contributed by atoms with Crippen molar-refractivity contribution in [2.75, 3.05) is 20.6 Å². The van der Waals surface area contributed by atoms with Crippen LogP contribution < -0.4 is 10.9 Å². The van der Waals surface area contributed by atoms with Crippen LogP contribution in [0.2, 0.25) is 0 Å². The minimum absolute atomic E-state index is 0.0263. The highest BCUT2D eigenvalue weighted by atomic mass is 32.1. The molecular weight excluding hydrogens is 404 g/mol. The smallest absolute Gasteiger partial charge is 0.259 e. The third kappa shape index (κ3) is 4.44. The number of nitrogens with one attached hydrogen (secondary N) is 2. The summed E-state index contributed by atoms with van der Waals surface area (Å²) in [6.07, 6.45) is 5.09. The number of hydrogen-bond donors (Lipinski definition) is 2. The van der Waals surface area contributed by atoms with Gasteiger partial charge >= 0.3 is 0 Å². The zero-order chi connectivity index (χ0) is 20.4. The number of nitrogens with zero attached hydrogens (tertiary/aromatic N) is 2. The van der Waals surface area contributed by atoms with Gasteiger partial charge in [-0.25, -0.2) is 4.98 Å². The Balaban J connectivity index is 1.39. The van der Waals surface area contributed by atoms with E-state index in [-0.39, 0.29) is 17.5 Å². The van der Waals surface area contributed by atoms with E-state index >= 15 is 0 Å². The number of fused-ring (bicyclic) bond motifs is 3. The molecule has 3 heterocycles. The van der Waals surface area contributed by atoms with E-state index in [0.717, 1.165) is 29.5 Å². The van der Waals surface area contributed by atoms with Crippen LogP contribution in [-0.2, 0) is 24.1 Å². The Morgan fingerprint density at radius 3 is 2.93 bits per heavy atom. The molecule has 3 aromatic rings. The van der Waals surface area contributed by atoms with Crippen LogP contribution >= 0.6 is 22.7 Å². The lowest BCUT2D eigenvalue weighted by Gasteiger charge is -2.23. The molecule has 6 nitrogen and oxygen atoms in total. The molecule has 1 unspecified atom stereocenters. The Morgan fingerprint density at radius 2 is 2.17 bits per heavy atom. The molecule has 0 fully saturated rings. The first-order chi connectivity index (χ1) is 14.0. The van der Waals surface area contributed by atoms with Gasteiger partial charge in [0, 0.05) is 29.1 Å². The maximum atomic E-state index is 12.6. The molecule has 1 amide bonds. The Bertz CT molecular complexity index is 1050. The van der Waals surface area contributed by atoms with Gasteiger partial charge in [-0.1, -0.05) is 6.07 Å². The molecule has 4 rings (SSSR count). The van der Waals surface area contributed by atoms with Crippen LogP contribution in [0.15, 0.2) is 22.3 Å². The van der Waals surface area contributed by atoms with E-state index in [0.29, 0.717) is 25.2 Å². The van der Waals surface area contributed by atoms with Gasteiger partial charge in [-0.15, -0.1) is 22.7 Å². The molecule has 1 aliphatic carbocycles. The molecular formula is C21H26N4O2S2. The Morgan fingerprint density at radius 1 is 1.34 bits per heavy atom. The number of H-pyrrole nitrogens is 1. The number of thiophene rings is 2. The van der Waals surface area contributed by atoms with E-state index in [1.54, 1.807) is 22.7 Å². The highest BCUT2D eigenvalue weighted by Gasteiger charge is 2.20. The molecule has 154 valence electrons. The summed E-state index contributed by atoms with van der Waals surface area (Å²) in [5.41, 5.74) is 1.13. The average Bonchev–Trinajstić information content (AvgIpc) is 3.34. The SMILES string of the molecule is CN(C)C(CNC(=O)CCc1nc2sc3c(c2c(=O)[nH]1)CCCC3)c1cccs1. The molecule has 0 bridgehead atoms. The van der Waals surface area contributed by atoms with Gasteiger partial charge < -0.3 is 15.2 Å². The fourth-order valence-electron chi connectivity index (χ4n) is 3.88. The van der Waals surface area contributed by atoms with E-state index in [1.165, 1.54) is 21.7 Å². The minimum atomic E-state index is -0.0600. The van der Waals surface area contributed by atoms with E-state index in [9.17, 15) is 9.59 Å². The van der Waals surface area contributed by atoms with E-state index < -0.39 is 0 Å². The summed E-state index contributed by atoms with van der Waals surface area (Å²) in [5, 5.41) is 5.84. The minimum Gasteiger partial charge on any atom is -0.354 e. The summed E-state index contributed by atoms with van der Waals surface area (Å²) in [6, 6.07) is 4.27. The molecule has 1 aliphatic rings. The molecule has 8 heteroatoms. The maximum absolute atomic E-state index is 12.6. The van der Waals surface area contributed by atoms with Crippen molar-refractivity contribution in [3.8, 4) is 0 Å². The number of rotatable bonds is 7. The summed E-state index contributed by atoms with van der Waals surface area (Å²) < 4.78 is 0. The topological polar surface area (TPSA) is 78.1 Å². The Hall–Kier alpha value is -2.03. The second kappa shape index (κ2) is 8.77. The van der Waals surface area contributed by atoms with Crippen LogP contribution in [0.5, 0.6) is 0 Å². The second-order valence-corrected chi connectivity index (χ2v) is 9.77. The summed E-state index contributed by atoms with van der Waals surface area (Å²) in [4.78, 5) is 38.0. The molecule has 0 saturated carbocycles. The Kier molecular flexibility index (Phi) is 6.12. The molecule has 0 saturated heterocycles. The number of aryl methyl sites for hydroxylation is 3. The fraction of sp³-hybridized carbons (Fsp3) is 0.476. The number of likely N-dealkylation sites (N-methyl/N-ethyl adjacent to an activating group) is 1. The van der Waals surface area contributed by atoms with E-state index in [2.05, 4.69) is 26.3 Å². The molecule has 1 atom stereocenters. The van der Waals surface area contributed by atoms with Gasteiger partial charge in [-0.05, 0) is 56.8 Å². The van der Waals surface area contributed by atoms with Gasteiger partial charge in [-0.3, -0.25) is 9.59 Å². The van der Waals surface area contributed by atoms with Crippen molar-refractivity contribution in [3.63, 3.8) is 0 Å². The number of amides is 1. The molecule has 0 aromatic carbocycles. The van der Waals surface area contributed by atoms with Gasteiger partial charge in [0.2, 0.25) is 5.91 Å². The largest absolute Gasteiger partial charge is 0.354 e. The molecule has 0 spiro atoms. The Labute approximate surface area is 178 Å². The fourth-order valence-corrected chi connectivity index (χ4v) is 6.08. The van der Waals surface area contributed by atoms with E-state index in [4.69, 9.17) is 0 Å². The molecule has 0 aliphatic heterocycles. The van der Waals surface area contributed by atoms with Crippen molar-refractivity contribution >= 4 is 38.8 Å². The maximum Gasteiger partial charge on any atom is 0.259 e. The van der Waals surface area contributed by atoms with Crippen LogP contribution in [0.3, 0.4) is 0 Å². The highest BCUT2D eigenvalue weighted by molar-refractivity contribution is 7.18. The van der Waals surface area contributed by atoms with Crippen LogP contribution in [0.1, 0.15) is 46.4 Å². The number of carbonyl (C=O) groups excluding carboxylic acids is 1. The molecule has 29 heavy (non-hydrogen) atoms. The monoisotopic (exact) mass is 430 g/mol. The highest BCUT2D eigenvalue weighted by Crippen LogP contribution is 2.33. The number of aromatic nitrogens is 2. The zero-order valence-corrected chi connectivity index (χ0v) is 18.4. The first kappa shape index (κ1) is 20.3. The quantitative estimate of drug-likeness (QED) is 0.603. The summed E-state index contributed by atoms with van der Waals surface area (Å²) in [7, 11) is 4.03. The van der Waals surface area contributed by atoms with Crippen LogP contribution in [0, 0.1) is 0 Å². The number of carbonyl (C=O) groups is 1.